The number of anilines is 1. The number of fused-ring (bicyclic) bond motifs is 2. The lowest BCUT2D eigenvalue weighted by Crippen LogP contribution is -2.68. The minimum Gasteiger partial charge on any atom is -0.458 e. The van der Waals surface area contributed by atoms with Gasteiger partial charge in [-0.3, -0.25) is 14.5 Å². The number of aliphatic hydroxyl groups excluding tert-OH is 1. The summed E-state index contributed by atoms with van der Waals surface area (Å²) in [6.07, 6.45) is -0.718. The number of rotatable bonds is 16. The molecule has 21 atom stereocenters. The number of methoxy groups -OCH3 is 3. The second-order valence-electron chi connectivity index (χ2n) is 24.1. The van der Waals surface area contributed by atoms with Crippen LogP contribution in [0.5, 0.6) is 0 Å². The van der Waals surface area contributed by atoms with Crippen LogP contribution in [-0.2, 0) is 47.5 Å². The molecule has 6 saturated heterocycles. The molecule has 6 aliphatic rings. The first-order chi connectivity index (χ1) is 36.4. The Balaban J connectivity index is 1.10. The van der Waals surface area contributed by atoms with E-state index < -0.39 is 120 Å². The Morgan fingerprint density at radius 3 is 2.27 bits per heavy atom. The molecule has 0 aliphatic carbocycles. The molecule has 19 nitrogen and oxygen atoms in total. The molecule has 0 radical (unpaired) electrons. The van der Waals surface area contributed by atoms with Gasteiger partial charge in [-0.25, -0.2) is 19.2 Å². The Kier molecular flexibility index (Phi) is 17.7. The van der Waals surface area contributed by atoms with Gasteiger partial charge in [0, 0.05) is 95.1 Å². The van der Waals surface area contributed by atoms with Crippen LogP contribution in [0.15, 0.2) is 36.7 Å². The van der Waals surface area contributed by atoms with Crippen molar-refractivity contribution in [2.45, 2.75) is 203 Å². The zero-order valence-corrected chi connectivity index (χ0v) is 47.8. The molecular formula is C57H88FN7O12. The molecule has 5 N–H and O–H groups in total. The molecule has 3 unspecified atom stereocenters. The molecule has 7 heterocycles. The number of alkyl halides is 1. The number of hydrogen-bond acceptors (Lipinski definition) is 17. The number of carbonyl (C=O) groups excluding carboxylic acids is 3. The lowest BCUT2D eigenvalue weighted by molar-refractivity contribution is -0.286. The normalized spacial score (nSPS) is 41.2. The molecule has 430 valence electrons. The summed E-state index contributed by atoms with van der Waals surface area (Å²) in [4.78, 5) is 56.1. The van der Waals surface area contributed by atoms with Crippen LogP contribution in [-0.4, -0.2) is 180 Å². The number of aliphatic hydroxyl groups is 1. The SMILES string of the molecule is CC[C@H]1OC(=O)[C@H](C)C([C@H]2C[C@@](C)(OC)[C@@H](O)[C@H](C)O2)[C@@H]2C3CNC(C)([C@H](C)C[C@@](C)(OC)[C@@H]2O[C@H]2C[C@@H](N(C)CCC(=O)N[C@H](CF)[C@H](OC)c4ccc(-c5cnc(N)nc5)cc4)C[C@@H](C)O2)[C@H](C)[C@H]2N3C(=O)O[C@]12C. The monoisotopic (exact) mass is 1080 g/mol. The lowest BCUT2D eigenvalue weighted by Gasteiger charge is -2.56. The van der Waals surface area contributed by atoms with E-state index in [1.54, 1.807) is 26.6 Å². The van der Waals surface area contributed by atoms with Crippen molar-refractivity contribution in [3.05, 3.63) is 42.2 Å². The van der Waals surface area contributed by atoms with Crippen molar-refractivity contribution in [1.82, 2.24) is 30.4 Å². The van der Waals surface area contributed by atoms with Crippen LogP contribution in [0.4, 0.5) is 15.1 Å². The van der Waals surface area contributed by atoms with Gasteiger partial charge in [-0.05, 0) is 90.8 Å². The number of nitrogens with one attached hydrogen (secondary N) is 2. The summed E-state index contributed by atoms with van der Waals surface area (Å²) in [5, 5.41) is 18.5. The Hall–Kier alpha value is -4.12. The third-order valence-electron chi connectivity index (χ3n) is 19.5. The van der Waals surface area contributed by atoms with E-state index in [4.69, 9.17) is 43.6 Å². The van der Waals surface area contributed by atoms with E-state index in [0.717, 1.165) is 11.1 Å². The zero-order chi connectivity index (χ0) is 56.1. The van der Waals surface area contributed by atoms with E-state index in [0.29, 0.717) is 44.3 Å². The van der Waals surface area contributed by atoms with Crippen molar-refractivity contribution in [1.29, 1.82) is 0 Å². The number of hydrogen-bond donors (Lipinski definition) is 4. The molecule has 8 rings (SSSR count). The highest BCUT2D eigenvalue weighted by molar-refractivity contribution is 5.77. The van der Waals surface area contributed by atoms with Gasteiger partial charge in [-0.1, -0.05) is 52.0 Å². The molecule has 5 bridgehead atoms. The predicted octanol–water partition coefficient (Wildman–Crippen LogP) is 6.01. The smallest absolute Gasteiger partial charge is 0.411 e. The van der Waals surface area contributed by atoms with Gasteiger partial charge in [0.1, 0.15) is 25.0 Å². The van der Waals surface area contributed by atoms with Crippen LogP contribution in [0.25, 0.3) is 11.1 Å². The van der Waals surface area contributed by atoms with E-state index in [1.807, 2.05) is 77.8 Å². The maximum Gasteiger partial charge on any atom is 0.411 e. The third-order valence-corrected chi connectivity index (χ3v) is 19.5. The van der Waals surface area contributed by atoms with Crippen molar-refractivity contribution < 1.29 is 61.8 Å². The van der Waals surface area contributed by atoms with E-state index >= 15 is 9.59 Å². The minimum atomic E-state index is -1.20. The number of nitrogens with zero attached hydrogens (tertiary/aromatic N) is 4. The number of nitrogens with two attached hydrogens (primary N) is 1. The van der Waals surface area contributed by atoms with Crippen LogP contribution in [0.2, 0.25) is 0 Å². The second kappa shape index (κ2) is 23.2. The van der Waals surface area contributed by atoms with Crippen LogP contribution in [0, 0.1) is 29.6 Å². The van der Waals surface area contributed by atoms with Crippen molar-refractivity contribution in [3.8, 4) is 11.1 Å². The highest BCUT2D eigenvalue weighted by Crippen LogP contribution is 2.55. The number of esters is 1. The average molecular weight is 1080 g/mol. The minimum absolute atomic E-state index is 0.0593. The molecule has 0 saturated carbocycles. The predicted molar refractivity (Wildman–Crippen MR) is 285 cm³/mol. The summed E-state index contributed by atoms with van der Waals surface area (Å²) in [6.45, 7) is 20.0. The number of aromatic nitrogens is 2. The Bertz CT molecular complexity index is 2380. The molecule has 6 fully saturated rings. The zero-order valence-electron chi connectivity index (χ0n) is 47.8. The van der Waals surface area contributed by atoms with Gasteiger partial charge in [-0.2, -0.15) is 0 Å². The second-order valence-corrected chi connectivity index (χ2v) is 24.1. The number of amides is 2. The fourth-order valence-corrected chi connectivity index (χ4v) is 14.6. The van der Waals surface area contributed by atoms with Gasteiger partial charge >= 0.3 is 12.1 Å². The number of benzene rings is 1. The molecular weight excluding hydrogens is 994 g/mol. The largest absolute Gasteiger partial charge is 0.458 e. The Labute approximate surface area is 454 Å². The van der Waals surface area contributed by atoms with Gasteiger partial charge in [0.25, 0.3) is 0 Å². The lowest BCUT2D eigenvalue weighted by atomic mass is 9.61. The van der Waals surface area contributed by atoms with E-state index in [1.165, 1.54) is 7.11 Å². The first kappa shape index (κ1) is 59.0. The fourth-order valence-electron chi connectivity index (χ4n) is 14.6. The first-order valence-corrected chi connectivity index (χ1v) is 27.9. The van der Waals surface area contributed by atoms with Crippen LogP contribution < -0.4 is 16.4 Å². The van der Waals surface area contributed by atoms with Gasteiger partial charge in [0.2, 0.25) is 11.9 Å². The quantitative estimate of drug-likeness (QED) is 0.141. The van der Waals surface area contributed by atoms with Gasteiger partial charge in [-0.15, -0.1) is 0 Å². The average Bonchev–Trinajstić information content (AvgIpc) is 3.80. The van der Waals surface area contributed by atoms with Gasteiger partial charge in [0.05, 0.1) is 59.7 Å². The van der Waals surface area contributed by atoms with Gasteiger partial charge in [0.15, 0.2) is 11.9 Å². The van der Waals surface area contributed by atoms with Crippen molar-refractivity contribution in [2.75, 3.05) is 53.9 Å². The molecule has 1 aromatic heterocycles. The number of nitrogen functional groups attached to an aromatic ring is 1. The number of cyclic esters (lactones) is 1. The summed E-state index contributed by atoms with van der Waals surface area (Å²) < 4.78 is 68.0. The van der Waals surface area contributed by atoms with E-state index in [9.17, 15) is 14.3 Å². The van der Waals surface area contributed by atoms with E-state index in [2.05, 4.69) is 53.2 Å². The van der Waals surface area contributed by atoms with Gasteiger partial charge < -0.3 is 64.3 Å². The Morgan fingerprint density at radius 1 is 0.974 bits per heavy atom. The molecule has 2 aromatic rings. The van der Waals surface area contributed by atoms with Crippen molar-refractivity contribution in [2.24, 2.45) is 29.6 Å². The maximum atomic E-state index is 15.1. The summed E-state index contributed by atoms with van der Waals surface area (Å²) in [7, 11) is 6.73. The number of ether oxygens (including phenoxy) is 8. The third kappa shape index (κ3) is 11.1. The summed E-state index contributed by atoms with van der Waals surface area (Å²) in [5.74, 6) is -3.07. The molecule has 77 heavy (non-hydrogen) atoms. The fraction of sp³-hybridized carbons (Fsp3) is 0.772. The molecule has 6 aliphatic heterocycles. The van der Waals surface area contributed by atoms with Crippen LogP contribution in [0.3, 0.4) is 0 Å². The summed E-state index contributed by atoms with van der Waals surface area (Å²) in [5.41, 5.74) is 4.09. The molecule has 1 aromatic carbocycles. The molecule has 2 amide bonds. The molecule has 20 heteroatoms. The summed E-state index contributed by atoms with van der Waals surface area (Å²) >= 11 is 0. The Morgan fingerprint density at radius 2 is 1.65 bits per heavy atom. The van der Waals surface area contributed by atoms with Crippen LogP contribution >= 0.6 is 0 Å². The molecule has 0 spiro atoms. The van der Waals surface area contributed by atoms with Crippen molar-refractivity contribution >= 4 is 23.9 Å². The maximum absolute atomic E-state index is 15.1. The summed E-state index contributed by atoms with van der Waals surface area (Å²) in [6, 6.07) is 5.19. The highest BCUT2D eigenvalue weighted by Gasteiger charge is 2.69. The standard InChI is InChI=1S/C57H88FN7O12/c1-15-42-57(10)48-33(5)56(9)30(2)24-55(8,72-14)50(46(40(29-62-56)65(48)53(69)77-57)45(32(4)51(68)75-42)41-25-54(7,71-13)49(67)34(6)74-41)76-44-23-38(22-31(3)73-44)64(11)21-20-43(66)63-39(26-58)47(70-12)36-18-16-35(17-19-36)37-27-60-52(59)61-28-37/h16-19,27-28,30-34,38-42,44-50,62,67H,15,20-26,29H2,1-14H3,(H,63,66)(H2,59,60,61)/t30-,31-,32-,33-,34+,38+,39-,40?,41-,42-,44+,45?,46+,47-,48-,49+,50-,54-,55-,56?,57-/m1/s1. The number of carbonyl (C=O) groups is 3. The topological polar surface area (TPSA) is 228 Å². The number of halogens is 1. The van der Waals surface area contributed by atoms with Crippen molar-refractivity contribution in [3.63, 3.8) is 0 Å². The highest BCUT2D eigenvalue weighted by atomic mass is 19.1. The van der Waals surface area contributed by atoms with Crippen LogP contribution in [0.1, 0.15) is 119 Å². The van der Waals surface area contributed by atoms with E-state index in [-0.39, 0.29) is 48.7 Å². The first-order valence-electron chi connectivity index (χ1n) is 27.9.